The molecule has 40 heavy (non-hydrogen) atoms. The van der Waals surface area contributed by atoms with Gasteiger partial charge in [0.2, 0.25) is 0 Å². The van der Waals surface area contributed by atoms with Crippen molar-refractivity contribution in [2.24, 2.45) is 0 Å². The maximum absolute atomic E-state index is 12.1. The van der Waals surface area contributed by atoms with Gasteiger partial charge in [0.05, 0.1) is 0 Å². The van der Waals surface area contributed by atoms with Gasteiger partial charge >= 0.3 is 23.9 Å². The van der Waals surface area contributed by atoms with Crippen molar-refractivity contribution in [3.05, 3.63) is 69.7 Å². The van der Waals surface area contributed by atoms with Crippen LogP contribution in [0, 0.1) is 0 Å². The predicted octanol–water partition coefficient (Wildman–Crippen LogP) is 3.93. The van der Waals surface area contributed by atoms with Crippen LogP contribution in [-0.2, 0) is 49.3 Å². The Morgan fingerprint density at radius 1 is 0.750 bits per heavy atom. The van der Waals surface area contributed by atoms with Crippen LogP contribution >= 0.6 is 11.6 Å². The van der Waals surface area contributed by atoms with Crippen molar-refractivity contribution in [3.63, 3.8) is 0 Å². The van der Waals surface area contributed by atoms with Crippen LogP contribution in [-0.4, -0.2) is 60.7 Å². The van der Waals surface area contributed by atoms with Gasteiger partial charge in [0, 0.05) is 38.3 Å². The molecule has 2 aromatic rings. The fourth-order valence-corrected chi connectivity index (χ4v) is 4.67. The molecule has 1 fully saturated rings. The highest BCUT2D eigenvalue weighted by Gasteiger charge is 2.52. The fraction of sp³-hybridized carbons (Fsp3) is 0.414. The largest absolute Gasteiger partial charge is 0.463 e. The summed E-state index contributed by atoms with van der Waals surface area (Å²) < 4.78 is 27.9. The van der Waals surface area contributed by atoms with Gasteiger partial charge < -0.3 is 23.7 Å². The summed E-state index contributed by atoms with van der Waals surface area (Å²) >= 11 is 6.51. The van der Waals surface area contributed by atoms with Crippen LogP contribution in [0.2, 0.25) is 5.02 Å². The van der Waals surface area contributed by atoms with Crippen molar-refractivity contribution >= 4 is 41.3 Å². The molecule has 11 heteroatoms. The molecule has 2 aromatic carbocycles. The molecular formula is C29H31ClO10. The number of ether oxygens (including phenoxy) is 5. The third-order valence-corrected chi connectivity index (χ3v) is 6.51. The summed E-state index contributed by atoms with van der Waals surface area (Å²) in [6.07, 6.45) is -5.40. The molecule has 1 heterocycles. The zero-order chi connectivity index (χ0) is 29.6. The molecule has 0 aromatic heterocycles. The molecule has 214 valence electrons. The van der Waals surface area contributed by atoms with Gasteiger partial charge in [-0.05, 0) is 36.1 Å². The number of halogens is 1. The second-order valence-electron chi connectivity index (χ2n) is 9.40. The average Bonchev–Trinajstić information content (AvgIpc) is 2.86. The van der Waals surface area contributed by atoms with E-state index < -0.39 is 54.4 Å². The van der Waals surface area contributed by atoms with Crippen molar-refractivity contribution < 1.29 is 47.7 Å². The van der Waals surface area contributed by atoms with Crippen LogP contribution in [0.5, 0.6) is 0 Å². The zero-order valence-electron chi connectivity index (χ0n) is 22.8. The lowest BCUT2D eigenvalue weighted by Crippen LogP contribution is -2.59. The molecule has 1 aliphatic rings. The number of hydrogen-bond donors (Lipinski definition) is 0. The molecule has 0 N–H and O–H groups in total. The van der Waals surface area contributed by atoms with E-state index >= 15 is 0 Å². The van der Waals surface area contributed by atoms with Crippen LogP contribution in [0.3, 0.4) is 0 Å². The van der Waals surface area contributed by atoms with Gasteiger partial charge in [-0.3, -0.25) is 24.0 Å². The highest BCUT2D eigenvalue weighted by atomic mass is 35.5. The molecule has 1 aliphatic heterocycles. The lowest BCUT2D eigenvalue weighted by Gasteiger charge is -2.44. The third-order valence-electron chi connectivity index (χ3n) is 6.14. The molecule has 0 bridgehead atoms. The Morgan fingerprint density at radius 3 is 1.88 bits per heavy atom. The van der Waals surface area contributed by atoms with Crippen molar-refractivity contribution in [2.75, 3.05) is 6.61 Å². The van der Waals surface area contributed by atoms with E-state index in [0.29, 0.717) is 28.1 Å². The third kappa shape index (κ3) is 8.12. The lowest BCUT2D eigenvalue weighted by atomic mass is 9.89. The number of ketones is 1. The first-order valence-electron chi connectivity index (χ1n) is 12.5. The minimum Gasteiger partial charge on any atom is -0.463 e. The number of carbonyl (C=O) groups excluding carboxylic acids is 5. The summed E-state index contributed by atoms with van der Waals surface area (Å²) in [6.45, 7) is 5.89. The second kappa shape index (κ2) is 13.5. The van der Waals surface area contributed by atoms with E-state index in [1.807, 2.05) is 12.1 Å². The molecule has 0 amide bonds. The molecule has 0 spiro atoms. The molecule has 0 saturated carbocycles. The van der Waals surface area contributed by atoms with Gasteiger partial charge in [0.25, 0.3) is 0 Å². The van der Waals surface area contributed by atoms with Gasteiger partial charge in [0.1, 0.15) is 18.8 Å². The van der Waals surface area contributed by atoms with E-state index in [-0.39, 0.29) is 12.4 Å². The summed E-state index contributed by atoms with van der Waals surface area (Å²) in [7, 11) is 0. The normalized spacial score (nSPS) is 22.1. The lowest BCUT2D eigenvalue weighted by molar-refractivity contribution is -0.254. The molecule has 0 aliphatic carbocycles. The van der Waals surface area contributed by atoms with E-state index in [4.69, 9.17) is 35.3 Å². The van der Waals surface area contributed by atoms with Gasteiger partial charge in [-0.25, -0.2) is 0 Å². The second-order valence-corrected chi connectivity index (χ2v) is 9.81. The van der Waals surface area contributed by atoms with Gasteiger partial charge in [-0.2, -0.15) is 0 Å². The van der Waals surface area contributed by atoms with E-state index in [9.17, 15) is 24.0 Å². The van der Waals surface area contributed by atoms with Crippen LogP contribution < -0.4 is 0 Å². The van der Waals surface area contributed by atoms with E-state index in [1.165, 1.54) is 27.7 Å². The van der Waals surface area contributed by atoms with Crippen molar-refractivity contribution in [3.8, 4) is 0 Å². The Labute approximate surface area is 236 Å². The summed E-state index contributed by atoms with van der Waals surface area (Å²) in [5, 5.41) is 0.463. The predicted molar refractivity (Wildman–Crippen MR) is 142 cm³/mol. The molecule has 0 radical (unpaired) electrons. The number of esters is 4. The van der Waals surface area contributed by atoms with E-state index in [2.05, 4.69) is 0 Å². The molecular weight excluding hydrogens is 544 g/mol. The van der Waals surface area contributed by atoms with Gasteiger partial charge in [0.15, 0.2) is 24.1 Å². The van der Waals surface area contributed by atoms with E-state index in [1.54, 1.807) is 30.3 Å². The summed E-state index contributed by atoms with van der Waals surface area (Å²) in [5.41, 5.74) is 2.71. The molecule has 5 unspecified atom stereocenters. The Balaban J connectivity index is 2.05. The number of Topliss-reactive ketones (excluding diaryl/α,β-unsaturated/α-hetero) is 1. The van der Waals surface area contributed by atoms with Crippen LogP contribution in [0.15, 0.2) is 42.5 Å². The monoisotopic (exact) mass is 574 g/mol. The first-order valence-corrected chi connectivity index (χ1v) is 12.9. The Kier molecular flexibility index (Phi) is 10.4. The molecule has 1 saturated heterocycles. The molecule has 10 nitrogen and oxygen atoms in total. The topological polar surface area (TPSA) is 132 Å². The standard InChI is InChI=1S/C29H31ClO10/c1-15(31)21-8-6-20(7-9-21)12-23-13-22(10-11-24(23)30)26-28(38-18(4)34)29(39-19(5)35)27(37-17(3)33)25(40-26)14-36-16(2)32/h6-11,13,25-29H,12,14H2,1-5H3. The van der Waals surface area contributed by atoms with Crippen molar-refractivity contribution in [2.45, 2.75) is 71.6 Å². The first kappa shape index (κ1) is 30.8. The summed E-state index contributed by atoms with van der Waals surface area (Å²) in [6, 6.07) is 12.2. The Morgan fingerprint density at radius 2 is 1.32 bits per heavy atom. The highest BCUT2D eigenvalue weighted by Crippen LogP contribution is 2.39. The van der Waals surface area contributed by atoms with Crippen LogP contribution in [0.4, 0.5) is 0 Å². The zero-order valence-corrected chi connectivity index (χ0v) is 23.6. The van der Waals surface area contributed by atoms with Crippen molar-refractivity contribution in [1.29, 1.82) is 0 Å². The quantitative estimate of drug-likeness (QED) is 0.246. The average molecular weight is 575 g/mol. The van der Waals surface area contributed by atoms with Crippen LogP contribution in [0.1, 0.15) is 67.8 Å². The number of rotatable bonds is 9. The number of carbonyl (C=O) groups is 5. The van der Waals surface area contributed by atoms with Crippen molar-refractivity contribution in [1.82, 2.24) is 0 Å². The Bertz CT molecular complexity index is 1270. The Hall–Kier alpha value is -3.76. The van der Waals surface area contributed by atoms with E-state index in [0.717, 1.165) is 12.5 Å². The maximum atomic E-state index is 12.1. The van der Waals surface area contributed by atoms with Crippen LogP contribution in [0.25, 0.3) is 0 Å². The SMILES string of the molecule is CC(=O)OCC1OC(c2ccc(Cl)c(Cc3ccc(C(C)=O)cc3)c2)C(OC(C)=O)C(OC(C)=O)C1OC(C)=O. The van der Waals surface area contributed by atoms with Gasteiger partial charge in [-0.15, -0.1) is 0 Å². The smallest absolute Gasteiger partial charge is 0.303 e. The highest BCUT2D eigenvalue weighted by molar-refractivity contribution is 6.31. The minimum atomic E-state index is -1.28. The minimum absolute atomic E-state index is 0.0461. The maximum Gasteiger partial charge on any atom is 0.303 e. The fourth-order valence-electron chi connectivity index (χ4n) is 4.48. The molecule has 3 rings (SSSR count). The van der Waals surface area contributed by atoms with Gasteiger partial charge in [-0.1, -0.05) is 48.0 Å². The summed E-state index contributed by atoms with van der Waals surface area (Å²) in [4.78, 5) is 59.4. The number of benzene rings is 2. The molecule has 5 atom stereocenters. The summed E-state index contributed by atoms with van der Waals surface area (Å²) in [5.74, 6) is -2.75. The number of hydrogen-bond acceptors (Lipinski definition) is 10. The first-order chi connectivity index (χ1) is 18.8.